The Labute approximate surface area is 335 Å². The molecular weight excluding hydrogens is 705 g/mol. The van der Waals surface area contributed by atoms with E-state index in [4.69, 9.17) is 0 Å². The van der Waals surface area contributed by atoms with E-state index < -0.39 is 0 Å². The summed E-state index contributed by atoms with van der Waals surface area (Å²) in [6.45, 7) is 0. The van der Waals surface area contributed by atoms with Crippen LogP contribution in [0.1, 0.15) is 11.5 Å². The van der Waals surface area contributed by atoms with E-state index in [9.17, 15) is 0 Å². The second-order valence-corrected chi connectivity index (χ2v) is 15.7. The van der Waals surface area contributed by atoms with Crippen molar-refractivity contribution in [2.75, 3.05) is 4.90 Å². The van der Waals surface area contributed by atoms with Crippen molar-refractivity contribution in [3.8, 4) is 17.1 Å². The number of anilines is 2. The molecule has 11 aromatic rings. The number of hydrogen-bond donors (Lipinski definition) is 0. The normalized spacial score (nSPS) is 16.1. The molecule has 0 spiro atoms. The van der Waals surface area contributed by atoms with Gasteiger partial charge in [0, 0.05) is 72.2 Å². The van der Waals surface area contributed by atoms with Crippen molar-refractivity contribution in [2.24, 2.45) is 0 Å². The van der Waals surface area contributed by atoms with Crippen LogP contribution in [-0.4, -0.2) is 19.7 Å². The first-order chi connectivity index (χ1) is 28.8. The highest BCUT2D eigenvalue weighted by molar-refractivity contribution is 6.26. The van der Waals surface area contributed by atoms with E-state index in [0.29, 0.717) is 0 Å². The Morgan fingerprint density at radius 2 is 0.879 bits per heavy atom. The van der Waals surface area contributed by atoms with Crippen LogP contribution >= 0.6 is 0 Å². The van der Waals surface area contributed by atoms with Crippen molar-refractivity contribution in [1.29, 1.82) is 0 Å². The molecule has 3 aromatic heterocycles. The Balaban J connectivity index is 1.06. The van der Waals surface area contributed by atoms with Crippen LogP contribution in [0.4, 0.5) is 11.4 Å². The monoisotopic (exact) mass is 740 g/mol. The van der Waals surface area contributed by atoms with Gasteiger partial charge in [0.2, 0.25) is 0 Å². The number of allylic oxidation sites excluding steroid dienone is 2. The number of rotatable bonds is 4. The fraction of sp³-hybridized carbons (Fsp3) is 0.0370. The number of hydrogen-bond acceptors (Lipinski definition) is 1. The van der Waals surface area contributed by atoms with Crippen molar-refractivity contribution in [3.05, 3.63) is 212 Å². The van der Waals surface area contributed by atoms with Crippen molar-refractivity contribution in [2.45, 2.75) is 12.0 Å². The van der Waals surface area contributed by atoms with Gasteiger partial charge in [-0.05, 0) is 72.8 Å². The average molecular weight is 741 g/mol. The van der Waals surface area contributed by atoms with E-state index in [0.717, 1.165) is 11.4 Å². The molecule has 8 aromatic carbocycles. The molecule has 2 unspecified atom stereocenters. The lowest BCUT2D eigenvalue weighted by atomic mass is 9.90. The van der Waals surface area contributed by atoms with E-state index in [2.05, 4.69) is 225 Å². The van der Waals surface area contributed by atoms with Gasteiger partial charge in [-0.2, -0.15) is 0 Å². The molecule has 1 aliphatic heterocycles. The predicted molar refractivity (Wildman–Crippen MR) is 243 cm³/mol. The number of benzene rings is 8. The number of fused-ring (bicyclic) bond motifs is 14. The number of nitrogens with zero attached hydrogens (tertiary/aromatic N) is 4. The SMILES string of the molecule is C1=CC2c3c(ccc4c5ccccc5n(-c5ccccc5)c34)N(c3cccc(-n4c5ccccc5c5c4ccc4c6ccccc6n(-c6ccccc6)c45)c3)C2C=C1. The summed E-state index contributed by atoms with van der Waals surface area (Å²) in [7, 11) is 0. The van der Waals surface area contributed by atoms with Gasteiger partial charge in [-0.15, -0.1) is 0 Å². The van der Waals surface area contributed by atoms with Crippen LogP contribution in [0, 0.1) is 0 Å². The maximum absolute atomic E-state index is 2.58. The smallest absolute Gasteiger partial charge is 0.0641 e. The van der Waals surface area contributed by atoms with E-state index in [1.54, 1.807) is 0 Å². The van der Waals surface area contributed by atoms with Crippen molar-refractivity contribution < 1.29 is 0 Å². The third kappa shape index (κ3) is 4.24. The van der Waals surface area contributed by atoms with Crippen LogP contribution in [0.15, 0.2) is 206 Å². The molecule has 0 saturated heterocycles. The van der Waals surface area contributed by atoms with Gasteiger partial charge >= 0.3 is 0 Å². The van der Waals surface area contributed by atoms with E-state index >= 15 is 0 Å². The molecule has 1 aliphatic carbocycles. The third-order valence-electron chi connectivity index (χ3n) is 12.7. The molecule has 0 radical (unpaired) electrons. The van der Waals surface area contributed by atoms with Gasteiger partial charge in [0.05, 0.1) is 39.1 Å². The first kappa shape index (κ1) is 31.6. The molecule has 0 N–H and O–H groups in total. The van der Waals surface area contributed by atoms with E-state index in [1.165, 1.54) is 88.0 Å². The highest BCUT2D eigenvalue weighted by Gasteiger charge is 2.40. The fourth-order valence-corrected chi connectivity index (χ4v) is 10.5. The van der Waals surface area contributed by atoms with Gasteiger partial charge in [-0.3, -0.25) is 0 Å². The minimum absolute atomic E-state index is 0.141. The first-order valence-electron chi connectivity index (χ1n) is 20.2. The Morgan fingerprint density at radius 1 is 0.345 bits per heavy atom. The molecule has 58 heavy (non-hydrogen) atoms. The van der Waals surface area contributed by atoms with E-state index in [1.807, 2.05) is 0 Å². The van der Waals surface area contributed by atoms with Crippen LogP contribution < -0.4 is 4.90 Å². The lowest BCUT2D eigenvalue weighted by molar-refractivity contribution is 0.746. The minimum atomic E-state index is 0.141. The minimum Gasteiger partial charge on any atom is -0.333 e. The highest BCUT2D eigenvalue weighted by atomic mass is 15.2. The molecule has 4 heterocycles. The van der Waals surface area contributed by atoms with Crippen molar-refractivity contribution >= 4 is 76.8 Å². The van der Waals surface area contributed by atoms with Crippen molar-refractivity contribution in [3.63, 3.8) is 0 Å². The Kier molecular flexibility index (Phi) is 6.53. The van der Waals surface area contributed by atoms with E-state index in [-0.39, 0.29) is 12.0 Å². The zero-order valence-corrected chi connectivity index (χ0v) is 31.6. The van der Waals surface area contributed by atoms with Crippen LogP contribution in [0.3, 0.4) is 0 Å². The van der Waals surface area contributed by atoms with Gasteiger partial charge in [0.1, 0.15) is 0 Å². The van der Waals surface area contributed by atoms with Gasteiger partial charge < -0.3 is 18.6 Å². The lowest BCUT2D eigenvalue weighted by Gasteiger charge is -2.29. The molecule has 0 bridgehead atoms. The summed E-state index contributed by atoms with van der Waals surface area (Å²) in [6, 6.07) is 66.9. The Hall–Kier alpha value is -7.56. The number of para-hydroxylation sites is 5. The summed E-state index contributed by atoms with van der Waals surface area (Å²) in [6.07, 6.45) is 9.24. The summed E-state index contributed by atoms with van der Waals surface area (Å²) in [5.74, 6) is 0.195. The molecule has 2 atom stereocenters. The highest BCUT2D eigenvalue weighted by Crippen LogP contribution is 2.52. The summed E-state index contributed by atoms with van der Waals surface area (Å²) >= 11 is 0. The third-order valence-corrected chi connectivity index (χ3v) is 12.7. The second kappa shape index (κ2) is 12.0. The van der Waals surface area contributed by atoms with Crippen LogP contribution in [-0.2, 0) is 0 Å². The standard InChI is InChI=1S/C54H36N4/c1-3-16-35(17-4-1)57-45-26-11-7-22-39(45)41-30-32-49-51(53(41)57)43-24-9-13-28-47(43)55(49)37-20-15-21-38(34-37)56-48-29-14-10-25-44(48)52-50(56)33-31-42-40-23-8-12-27-46(40)58(54(42)52)36-18-5-2-6-19-36/h1-34,43,47H. The molecule has 13 rings (SSSR count). The van der Waals surface area contributed by atoms with Gasteiger partial charge in [-0.25, -0.2) is 0 Å². The molecular formula is C54H36N4. The topological polar surface area (TPSA) is 18.0 Å². The van der Waals surface area contributed by atoms with Crippen LogP contribution in [0.25, 0.3) is 82.5 Å². The summed E-state index contributed by atoms with van der Waals surface area (Å²) < 4.78 is 7.42. The quantitative estimate of drug-likeness (QED) is 0.176. The first-order valence-corrected chi connectivity index (χ1v) is 20.2. The van der Waals surface area contributed by atoms with Gasteiger partial charge in [0.25, 0.3) is 0 Å². The van der Waals surface area contributed by atoms with Crippen LogP contribution in [0.2, 0.25) is 0 Å². The molecule has 0 amide bonds. The Morgan fingerprint density at radius 3 is 1.59 bits per heavy atom. The largest absolute Gasteiger partial charge is 0.333 e. The molecule has 0 fully saturated rings. The average Bonchev–Trinajstić information content (AvgIpc) is 4.02. The summed E-state index contributed by atoms with van der Waals surface area (Å²) in [5.41, 5.74) is 14.7. The predicted octanol–water partition coefficient (Wildman–Crippen LogP) is 13.7. The second-order valence-electron chi connectivity index (χ2n) is 15.7. The molecule has 272 valence electrons. The molecule has 0 saturated carbocycles. The Bertz CT molecular complexity index is 3520. The number of aromatic nitrogens is 3. The van der Waals surface area contributed by atoms with Crippen molar-refractivity contribution in [1.82, 2.24) is 13.7 Å². The fourth-order valence-electron chi connectivity index (χ4n) is 10.5. The maximum Gasteiger partial charge on any atom is 0.0641 e. The summed E-state index contributed by atoms with van der Waals surface area (Å²) in [4.78, 5) is 2.58. The zero-order chi connectivity index (χ0) is 37.9. The molecule has 2 aliphatic rings. The van der Waals surface area contributed by atoms with Gasteiger partial charge in [0.15, 0.2) is 0 Å². The maximum atomic E-state index is 2.58. The zero-order valence-electron chi connectivity index (χ0n) is 31.6. The van der Waals surface area contributed by atoms with Gasteiger partial charge in [-0.1, -0.05) is 133 Å². The summed E-state index contributed by atoms with van der Waals surface area (Å²) in [5, 5.41) is 7.61. The van der Waals surface area contributed by atoms with Crippen LogP contribution in [0.5, 0.6) is 0 Å². The molecule has 4 heteroatoms. The molecule has 4 nitrogen and oxygen atoms in total. The lowest BCUT2D eigenvalue weighted by Crippen LogP contribution is -2.28.